The second-order valence-corrected chi connectivity index (χ2v) is 5.16. The van der Waals surface area contributed by atoms with Crippen LogP contribution in [0.1, 0.15) is 5.56 Å². The lowest BCUT2D eigenvalue weighted by Crippen LogP contribution is -2.26. The molecule has 0 saturated carbocycles. The van der Waals surface area contributed by atoms with Crippen LogP contribution < -0.4 is 14.8 Å². The van der Waals surface area contributed by atoms with Crippen LogP contribution in [0.25, 0.3) is 0 Å². The maximum absolute atomic E-state index is 11.5. The van der Waals surface area contributed by atoms with Crippen LogP contribution in [0.3, 0.4) is 0 Å². The second kappa shape index (κ2) is 6.53. The largest absolute Gasteiger partial charge is 0.497 e. The molecule has 0 bridgehead atoms. The smallest absolute Gasteiger partial charge is 0.414 e. The Labute approximate surface area is 122 Å². The highest BCUT2D eigenvalue weighted by atomic mass is 79.9. The van der Waals surface area contributed by atoms with Gasteiger partial charge in [-0.05, 0) is 33.6 Å². The molecule has 0 atom stereocenters. The highest BCUT2D eigenvalue weighted by Crippen LogP contribution is 2.21. The van der Waals surface area contributed by atoms with Gasteiger partial charge in [0, 0.05) is 11.9 Å². The summed E-state index contributed by atoms with van der Waals surface area (Å²) in [5, 5.41) is 4.69. The van der Waals surface area contributed by atoms with E-state index < -0.39 is 6.09 Å². The van der Waals surface area contributed by atoms with Gasteiger partial charge in [0.1, 0.15) is 10.4 Å². The summed E-state index contributed by atoms with van der Waals surface area (Å²) < 4.78 is 10.7. The number of hydrogen-bond acceptors (Lipinski definition) is 5. The predicted molar refractivity (Wildman–Crippen MR) is 75.7 cm³/mol. The lowest BCUT2D eigenvalue weighted by Gasteiger charge is -2.05. The van der Waals surface area contributed by atoms with Gasteiger partial charge in [0.2, 0.25) is 0 Å². The summed E-state index contributed by atoms with van der Waals surface area (Å²) in [5.41, 5.74) is 0.957. The lowest BCUT2D eigenvalue weighted by atomic mass is 10.2. The SMILES string of the molecule is COc1ccc(CNC(=O)Oc2nc(Br)cs2)cc1. The first-order valence-electron chi connectivity index (χ1n) is 5.37. The highest BCUT2D eigenvalue weighted by molar-refractivity contribution is 9.10. The van der Waals surface area contributed by atoms with Gasteiger partial charge in [-0.3, -0.25) is 0 Å². The standard InChI is InChI=1S/C12H11BrN2O3S/c1-17-9-4-2-8(3-5-9)6-14-11(16)18-12-15-10(13)7-19-12/h2-5,7H,6H2,1H3,(H,14,16). The number of benzene rings is 1. The van der Waals surface area contributed by atoms with Crippen molar-refractivity contribution in [1.82, 2.24) is 10.3 Å². The molecule has 1 heterocycles. The number of rotatable bonds is 4. The number of thiazole rings is 1. The van der Waals surface area contributed by atoms with Gasteiger partial charge in [0.15, 0.2) is 0 Å². The minimum atomic E-state index is -0.530. The number of aromatic nitrogens is 1. The monoisotopic (exact) mass is 342 g/mol. The zero-order valence-corrected chi connectivity index (χ0v) is 12.5. The molecule has 0 aliphatic rings. The van der Waals surface area contributed by atoms with E-state index in [2.05, 4.69) is 26.2 Å². The van der Waals surface area contributed by atoms with Crippen molar-refractivity contribution in [1.29, 1.82) is 0 Å². The van der Waals surface area contributed by atoms with Crippen molar-refractivity contribution in [3.05, 3.63) is 39.8 Å². The quantitative estimate of drug-likeness (QED) is 0.926. The van der Waals surface area contributed by atoms with E-state index in [1.165, 1.54) is 11.3 Å². The lowest BCUT2D eigenvalue weighted by molar-refractivity contribution is 0.199. The van der Waals surface area contributed by atoms with Crippen molar-refractivity contribution >= 4 is 33.4 Å². The molecule has 100 valence electrons. The van der Waals surface area contributed by atoms with Crippen LogP contribution in [0, 0.1) is 0 Å². The van der Waals surface area contributed by atoms with Gasteiger partial charge >= 0.3 is 6.09 Å². The first kappa shape index (κ1) is 13.8. The maximum Gasteiger partial charge on any atom is 0.414 e. The van der Waals surface area contributed by atoms with Gasteiger partial charge < -0.3 is 14.8 Å². The summed E-state index contributed by atoms with van der Waals surface area (Å²) in [5.74, 6) is 0.777. The van der Waals surface area contributed by atoms with E-state index in [1.54, 1.807) is 12.5 Å². The van der Waals surface area contributed by atoms with Crippen LogP contribution in [0.5, 0.6) is 10.9 Å². The number of carbonyl (C=O) groups excluding carboxylic acids is 1. The zero-order valence-electron chi connectivity index (χ0n) is 10.1. The van der Waals surface area contributed by atoms with E-state index in [0.717, 1.165) is 11.3 Å². The number of halogens is 1. The summed E-state index contributed by atoms with van der Waals surface area (Å²) in [6.07, 6.45) is -0.530. The molecule has 0 spiro atoms. The van der Waals surface area contributed by atoms with E-state index in [-0.39, 0.29) is 0 Å². The molecule has 0 saturated heterocycles. The first-order valence-corrected chi connectivity index (χ1v) is 7.04. The Hall–Kier alpha value is -1.60. The Morgan fingerprint density at radius 3 is 2.74 bits per heavy atom. The number of carbonyl (C=O) groups is 1. The highest BCUT2D eigenvalue weighted by Gasteiger charge is 2.07. The molecule has 1 aromatic carbocycles. The average Bonchev–Trinajstić information content (AvgIpc) is 2.82. The van der Waals surface area contributed by atoms with Crippen LogP contribution in [-0.4, -0.2) is 18.2 Å². The fraction of sp³-hybridized carbons (Fsp3) is 0.167. The first-order chi connectivity index (χ1) is 9.17. The minimum Gasteiger partial charge on any atom is -0.497 e. The molecule has 0 fully saturated rings. The molecule has 0 aliphatic heterocycles. The maximum atomic E-state index is 11.5. The molecule has 2 aromatic rings. The van der Waals surface area contributed by atoms with Gasteiger partial charge in [0.05, 0.1) is 7.11 Å². The van der Waals surface area contributed by atoms with Crippen LogP contribution in [0.2, 0.25) is 0 Å². The van der Waals surface area contributed by atoms with Gasteiger partial charge in [-0.25, -0.2) is 4.79 Å². The molecule has 0 radical (unpaired) electrons. The molecule has 19 heavy (non-hydrogen) atoms. The van der Waals surface area contributed by atoms with E-state index in [0.29, 0.717) is 16.3 Å². The van der Waals surface area contributed by atoms with Crippen LogP contribution in [0.15, 0.2) is 34.2 Å². The minimum absolute atomic E-state index is 0.305. The third kappa shape index (κ3) is 4.22. The summed E-state index contributed by atoms with van der Waals surface area (Å²) in [6, 6.07) is 7.42. The summed E-state index contributed by atoms with van der Waals surface area (Å²) in [7, 11) is 1.61. The van der Waals surface area contributed by atoms with E-state index in [1.807, 2.05) is 24.3 Å². The van der Waals surface area contributed by atoms with Gasteiger partial charge in [-0.1, -0.05) is 23.5 Å². The Morgan fingerprint density at radius 2 is 2.16 bits per heavy atom. The molecular formula is C12H11BrN2O3S. The second-order valence-electron chi connectivity index (χ2n) is 3.53. The number of nitrogens with zero attached hydrogens (tertiary/aromatic N) is 1. The van der Waals surface area contributed by atoms with Gasteiger partial charge in [-0.2, -0.15) is 4.98 Å². The molecule has 5 nitrogen and oxygen atoms in total. The summed E-state index contributed by atoms with van der Waals surface area (Å²) in [6.45, 7) is 0.384. The van der Waals surface area contributed by atoms with Crippen molar-refractivity contribution in [3.8, 4) is 10.9 Å². The van der Waals surface area contributed by atoms with Crippen molar-refractivity contribution in [3.63, 3.8) is 0 Å². The Bertz CT molecular complexity index is 556. The topological polar surface area (TPSA) is 60.5 Å². The molecule has 2 rings (SSSR count). The average molecular weight is 343 g/mol. The van der Waals surface area contributed by atoms with E-state index >= 15 is 0 Å². The van der Waals surface area contributed by atoms with Gasteiger partial charge in [-0.15, -0.1) is 0 Å². The number of methoxy groups -OCH3 is 1. The molecule has 0 aliphatic carbocycles. The van der Waals surface area contributed by atoms with Crippen molar-refractivity contribution in [2.45, 2.75) is 6.54 Å². The van der Waals surface area contributed by atoms with Gasteiger partial charge in [0.25, 0.3) is 5.19 Å². The van der Waals surface area contributed by atoms with Crippen LogP contribution >= 0.6 is 27.3 Å². The van der Waals surface area contributed by atoms with Crippen molar-refractivity contribution < 1.29 is 14.3 Å². The number of amides is 1. The molecule has 1 N–H and O–H groups in total. The van der Waals surface area contributed by atoms with Crippen LogP contribution in [0.4, 0.5) is 4.79 Å². The predicted octanol–water partition coefficient (Wildman–Crippen LogP) is 3.20. The van der Waals surface area contributed by atoms with Crippen molar-refractivity contribution in [2.75, 3.05) is 7.11 Å². The molecule has 0 unspecified atom stereocenters. The Morgan fingerprint density at radius 1 is 1.42 bits per heavy atom. The third-order valence-electron chi connectivity index (χ3n) is 2.23. The third-order valence-corrected chi connectivity index (χ3v) is 3.66. The number of hydrogen-bond donors (Lipinski definition) is 1. The van der Waals surface area contributed by atoms with E-state index in [9.17, 15) is 4.79 Å². The normalized spacial score (nSPS) is 10.0. The van der Waals surface area contributed by atoms with Crippen molar-refractivity contribution in [2.24, 2.45) is 0 Å². The Kier molecular flexibility index (Phi) is 4.75. The van der Waals surface area contributed by atoms with Crippen LogP contribution in [-0.2, 0) is 6.54 Å². The fourth-order valence-corrected chi connectivity index (χ4v) is 2.40. The summed E-state index contributed by atoms with van der Waals surface area (Å²) in [4.78, 5) is 15.5. The molecule has 1 aromatic heterocycles. The molecule has 1 amide bonds. The van der Waals surface area contributed by atoms with E-state index in [4.69, 9.17) is 9.47 Å². The number of ether oxygens (including phenoxy) is 2. The number of nitrogens with one attached hydrogen (secondary N) is 1. The molecule has 7 heteroatoms. The Balaban J connectivity index is 1.82. The summed E-state index contributed by atoms with van der Waals surface area (Å²) >= 11 is 4.43. The fourth-order valence-electron chi connectivity index (χ4n) is 1.32. The molecular weight excluding hydrogens is 332 g/mol. The zero-order chi connectivity index (χ0) is 13.7.